The van der Waals surface area contributed by atoms with Crippen molar-refractivity contribution in [2.75, 3.05) is 14.2 Å². The van der Waals surface area contributed by atoms with Crippen molar-refractivity contribution in [2.45, 2.75) is 39.0 Å². The summed E-state index contributed by atoms with van der Waals surface area (Å²) in [7, 11) is 9.20. The van der Waals surface area contributed by atoms with Crippen molar-refractivity contribution in [3.05, 3.63) is 35.9 Å². The lowest BCUT2D eigenvalue weighted by atomic mass is 9.99. The molecule has 0 aromatic heterocycles. The zero-order chi connectivity index (χ0) is 17.5. The molecule has 130 valence electrons. The number of aryl methyl sites for hydroxylation is 1. The standard InChI is InChI=1S/C20H28O2P2/c1-4-5-6-7-9-14-12-13-15(20(24)19(14)23)18-16(21-2)10-8-11-17(18)22-3/h8,10-13H,4-7,9,23-24H2,1-3H3. The second-order valence-electron chi connectivity index (χ2n) is 5.95. The van der Waals surface area contributed by atoms with Crippen LogP contribution in [0.15, 0.2) is 30.3 Å². The lowest BCUT2D eigenvalue weighted by molar-refractivity contribution is 0.397. The number of rotatable bonds is 8. The zero-order valence-corrected chi connectivity index (χ0v) is 17.2. The Bertz CT molecular complexity index is 661. The van der Waals surface area contributed by atoms with Crippen LogP contribution in [0.2, 0.25) is 0 Å². The Hall–Kier alpha value is -1.10. The summed E-state index contributed by atoms with van der Waals surface area (Å²) in [5.41, 5.74) is 3.55. The summed E-state index contributed by atoms with van der Waals surface area (Å²) in [6.45, 7) is 2.25. The number of hydrogen-bond acceptors (Lipinski definition) is 2. The predicted molar refractivity (Wildman–Crippen MR) is 112 cm³/mol. The van der Waals surface area contributed by atoms with E-state index >= 15 is 0 Å². The fourth-order valence-electron chi connectivity index (χ4n) is 2.98. The number of methoxy groups -OCH3 is 2. The zero-order valence-electron chi connectivity index (χ0n) is 14.9. The molecule has 0 aliphatic rings. The predicted octanol–water partition coefficient (Wildman–Crippen LogP) is 4.49. The number of hydrogen-bond donors (Lipinski definition) is 0. The molecule has 0 radical (unpaired) electrons. The van der Waals surface area contributed by atoms with Gasteiger partial charge in [-0.2, -0.15) is 0 Å². The van der Waals surface area contributed by atoms with Crippen LogP contribution in [0.25, 0.3) is 11.1 Å². The average Bonchev–Trinajstić information content (AvgIpc) is 2.61. The molecule has 0 spiro atoms. The first-order valence-electron chi connectivity index (χ1n) is 8.52. The molecular weight excluding hydrogens is 334 g/mol. The fourth-order valence-corrected chi connectivity index (χ4v) is 3.80. The average molecular weight is 362 g/mol. The van der Waals surface area contributed by atoms with Gasteiger partial charge in [-0.3, -0.25) is 0 Å². The van der Waals surface area contributed by atoms with Crippen molar-refractivity contribution in [3.63, 3.8) is 0 Å². The van der Waals surface area contributed by atoms with Gasteiger partial charge in [-0.05, 0) is 46.7 Å². The number of unbranched alkanes of at least 4 members (excludes halogenated alkanes) is 3. The summed E-state index contributed by atoms with van der Waals surface area (Å²) < 4.78 is 11.1. The molecule has 0 saturated heterocycles. The Morgan fingerprint density at radius 2 is 1.50 bits per heavy atom. The molecule has 0 heterocycles. The van der Waals surface area contributed by atoms with Gasteiger partial charge in [-0.25, -0.2) is 0 Å². The van der Waals surface area contributed by atoms with E-state index in [2.05, 4.69) is 37.5 Å². The second kappa shape index (κ2) is 9.40. The van der Waals surface area contributed by atoms with Gasteiger partial charge in [0, 0.05) is 0 Å². The molecule has 0 saturated carbocycles. The minimum absolute atomic E-state index is 0.832. The summed E-state index contributed by atoms with van der Waals surface area (Å²) in [4.78, 5) is 0. The third kappa shape index (κ3) is 4.29. The molecule has 0 bridgehead atoms. The molecule has 0 fully saturated rings. The van der Waals surface area contributed by atoms with Crippen LogP contribution in [0.5, 0.6) is 11.5 Å². The van der Waals surface area contributed by atoms with Crippen LogP contribution in [0.1, 0.15) is 38.2 Å². The molecule has 2 nitrogen and oxygen atoms in total. The molecule has 2 unspecified atom stereocenters. The third-order valence-corrected chi connectivity index (χ3v) is 6.01. The van der Waals surface area contributed by atoms with Crippen LogP contribution in [0, 0.1) is 0 Å². The molecule has 24 heavy (non-hydrogen) atoms. The quantitative estimate of drug-likeness (QED) is 0.509. The van der Waals surface area contributed by atoms with Gasteiger partial charge < -0.3 is 9.47 Å². The van der Waals surface area contributed by atoms with Gasteiger partial charge in [0.05, 0.1) is 19.8 Å². The van der Waals surface area contributed by atoms with Crippen molar-refractivity contribution in [2.24, 2.45) is 0 Å². The molecule has 0 aliphatic heterocycles. The molecule has 0 N–H and O–H groups in total. The molecule has 4 heteroatoms. The lowest BCUT2D eigenvalue weighted by Crippen LogP contribution is -2.19. The largest absolute Gasteiger partial charge is 0.496 e. The van der Waals surface area contributed by atoms with Gasteiger partial charge in [-0.1, -0.05) is 44.4 Å². The van der Waals surface area contributed by atoms with Crippen LogP contribution in [-0.4, -0.2) is 14.2 Å². The summed E-state index contributed by atoms with van der Waals surface area (Å²) in [6.07, 6.45) is 6.26. The van der Waals surface area contributed by atoms with E-state index in [0.29, 0.717) is 0 Å². The molecule has 0 amide bonds. The van der Waals surface area contributed by atoms with Crippen molar-refractivity contribution in [3.8, 4) is 22.6 Å². The molecular formula is C20H28O2P2. The van der Waals surface area contributed by atoms with E-state index in [-0.39, 0.29) is 0 Å². The van der Waals surface area contributed by atoms with E-state index in [9.17, 15) is 0 Å². The van der Waals surface area contributed by atoms with Crippen molar-refractivity contribution < 1.29 is 9.47 Å². The molecule has 2 aromatic rings. The topological polar surface area (TPSA) is 18.5 Å². The van der Waals surface area contributed by atoms with Crippen molar-refractivity contribution in [1.29, 1.82) is 0 Å². The SMILES string of the molecule is CCCCCCc1ccc(-c2c(OC)cccc2OC)c(P)c1P. The van der Waals surface area contributed by atoms with E-state index < -0.39 is 0 Å². The molecule has 0 aliphatic carbocycles. The third-order valence-electron chi connectivity index (χ3n) is 4.37. The van der Waals surface area contributed by atoms with Gasteiger partial charge in [-0.15, -0.1) is 18.5 Å². The van der Waals surface area contributed by atoms with E-state index in [4.69, 9.17) is 9.47 Å². The van der Waals surface area contributed by atoms with E-state index in [1.807, 2.05) is 18.2 Å². The second-order valence-corrected chi connectivity index (χ2v) is 7.10. The first-order valence-corrected chi connectivity index (χ1v) is 9.67. The number of ether oxygens (including phenoxy) is 2. The van der Waals surface area contributed by atoms with Crippen LogP contribution < -0.4 is 20.1 Å². The highest BCUT2D eigenvalue weighted by molar-refractivity contribution is 7.36. The van der Waals surface area contributed by atoms with E-state index in [0.717, 1.165) is 29.0 Å². The van der Waals surface area contributed by atoms with Gasteiger partial charge in [0.25, 0.3) is 0 Å². The Balaban J connectivity index is 2.38. The minimum atomic E-state index is 0.832. The van der Waals surface area contributed by atoms with E-state index in [1.165, 1.54) is 41.9 Å². The van der Waals surface area contributed by atoms with Crippen LogP contribution in [0.3, 0.4) is 0 Å². The summed E-state index contributed by atoms with van der Waals surface area (Å²) in [5, 5.41) is 2.46. The monoisotopic (exact) mass is 362 g/mol. The highest BCUT2D eigenvalue weighted by Gasteiger charge is 2.16. The first kappa shape index (κ1) is 19.2. The fraction of sp³-hybridized carbons (Fsp3) is 0.400. The Labute approximate surface area is 150 Å². The Morgan fingerprint density at radius 3 is 2.08 bits per heavy atom. The van der Waals surface area contributed by atoms with Gasteiger partial charge in [0.1, 0.15) is 11.5 Å². The lowest BCUT2D eigenvalue weighted by Gasteiger charge is -2.18. The van der Waals surface area contributed by atoms with Crippen LogP contribution in [0.4, 0.5) is 0 Å². The van der Waals surface area contributed by atoms with Crippen LogP contribution in [-0.2, 0) is 6.42 Å². The summed E-state index contributed by atoms with van der Waals surface area (Å²) >= 11 is 0. The van der Waals surface area contributed by atoms with Gasteiger partial charge >= 0.3 is 0 Å². The van der Waals surface area contributed by atoms with Crippen molar-refractivity contribution >= 4 is 29.1 Å². The van der Waals surface area contributed by atoms with Gasteiger partial charge in [0.2, 0.25) is 0 Å². The molecule has 2 rings (SSSR count). The Kier molecular flexibility index (Phi) is 7.53. The molecule has 2 atom stereocenters. The van der Waals surface area contributed by atoms with E-state index in [1.54, 1.807) is 14.2 Å². The maximum absolute atomic E-state index is 5.56. The Morgan fingerprint density at radius 1 is 0.833 bits per heavy atom. The van der Waals surface area contributed by atoms with Crippen molar-refractivity contribution in [1.82, 2.24) is 0 Å². The normalized spacial score (nSPS) is 10.7. The highest BCUT2D eigenvalue weighted by atomic mass is 31.0. The summed E-state index contributed by atoms with van der Waals surface area (Å²) in [5.74, 6) is 1.66. The smallest absolute Gasteiger partial charge is 0.130 e. The maximum Gasteiger partial charge on any atom is 0.130 e. The van der Waals surface area contributed by atoms with Crippen LogP contribution >= 0.6 is 18.5 Å². The summed E-state index contributed by atoms with van der Waals surface area (Å²) in [6, 6.07) is 10.3. The minimum Gasteiger partial charge on any atom is -0.496 e. The molecule has 2 aromatic carbocycles. The maximum atomic E-state index is 5.56. The first-order chi connectivity index (χ1) is 11.6. The highest BCUT2D eigenvalue weighted by Crippen LogP contribution is 2.38. The van der Waals surface area contributed by atoms with Gasteiger partial charge in [0.15, 0.2) is 0 Å². The number of benzene rings is 2.